The average Bonchev–Trinajstić information content (AvgIpc) is 2.55. The van der Waals surface area contributed by atoms with Crippen LogP contribution < -0.4 is 0 Å². The van der Waals surface area contributed by atoms with Crippen molar-refractivity contribution >= 4 is 29.0 Å². The second-order valence-electron chi connectivity index (χ2n) is 5.92. The predicted molar refractivity (Wildman–Crippen MR) is 98.0 cm³/mol. The normalized spacial score (nSPS) is 12.2. The second kappa shape index (κ2) is 5.44. The van der Waals surface area contributed by atoms with Crippen LogP contribution in [0, 0.1) is 13.8 Å². The molecule has 0 unspecified atom stereocenters. The number of hydrogen-bond acceptors (Lipinski definition) is 2. The zero-order chi connectivity index (χ0) is 17.0. The maximum Gasteiger partial charge on any atom is 0.196 e. The molecule has 0 spiro atoms. The number of aryl methyl sites for hydroxylation is 2. The highest BCUT2D eigenvalue weighted by Gasteiger charge is 2.24. The fourth-order valence-electron chi connectivity index (χ4n) is 3.25. The van der Waals surface area contributed by atoms with Crippen LogP contribution in [-0.2, 0) is 0 Å². The molecule has 0 aliphatic heterocycles. The van der Waals surface area contributed by atoms with Gasteiger partial charge in [0.25, 0.3) is 0 Å². The molecule has 0 amide bonds. The molecule has 0 saturated heterocycles. The summed E-state index contributed by atoms with van der Waals surface area (Å²) in [6, 6.07) is 13.0. The van der Waals surface area contributed by atoms with Crippen LogP contribution in [-0.4, -0.2) is 10.8 Å². The third-order valence-corrected chi connectivity index (χ3v) is 5.29. The van der Waals surface area contributed by atoms with Gasteiger partial charge in [-0.2, -0.15) is 0 Å². The standard InChI is InChI=1S/C20H13Cl2NO/c1-10-16-9-17(11(2)23-10)13-6-4-8-15(19(13)22)20(24)14-7-3-5-12(16)18(14)21/h3-9H,1-2H3. The van der Waals surface area contributed by atoms with Crippen molar-refractivity contribution in [2.45, 2.75) is 13.8 Å². The third-order valence-electron chi connectivity index (χ3n) is 4.47. The van der Waals surface area contributed by atoms with Gasteiger partial charge in [0.1, 0.15) is 0 Å². The fourth-order valence-corrected chi connectivity index (χ4v) is 3.87. The summed E-state index contributed by atoms with van der Waals surface area (Å²) in [6.07, 6.45) is 0. The topological polar surface area (TPSA) is 30.0 Å². The van der Waals surface area contributed by atoms with Crippen molar-refractivity contribution in [1.29, 1.82) is 0 Å². The van der Waals surface area contributed by atoms with E-state index in [1.807, 2.05) is 38.1 Å². The van der Waals surface area contributed by atoms with Crippen LogP contribution in [0.2, 0.25) is 10.0 Å². The summed E-state index contributed by atoms with van der Waals surface area (Å²) in [7, 11) is 0. The van der Waals surface area contributed by atoms with Crippen LogP contribution in [0.4, 0.5) is 0 Å². The van der Waals surface area contributed by atoms with E-state index in [0.717, 1.165) is 33.6 Å². The summed E-state index contributed by atoms with van der Waals surface area (Å²) in [4.78, 5) is 17.7. The van der Waals surface area contributed by atoms with Gasteiger partial charge in [-0.15, -0.1) is 0 Å². The summed E-state index contributed by atoms with van der Waals surface area (Å²) in [6.45, 7) is 3.89. The Kier molecular flexibility index (Phi) is 3.48. The molecule has 24 heavy (non-hydrogen) atoms. The van der Waals surface area contributed by atoms with Gasteiger partial charge in [0, 0.05) is 44.8 Å². The molecule has 0 atom stereocenters. The number of rotatable bonds is 0. The van der Waals surface area contributed by atoms with Crippen molar-refractivity contribution in [3.8, 4) is 22.3 Å². The number of halogens is 2. The molecule has 0 saturated carbocycles. The fraction of sp³-hybridized carbons (Fsp3) is 0.100. The van der Waals surface area contributed by atoms with E-state index < -0.39 is 0 Å². The van der Waals surface area contributed by atoms with Gasteiger partial charge in [0.15, 0.2) is 5.78 Å². The maximum atomic E-state index is 13.0. The molecule has 118 valence electrons. The molecule has 4 rings (SSSR count). The lowest BCUT2D eigenvalue weighted by molar-refractivity contribution is 0.103. The number of fused-ring (bicyclic) bond motifs is 8. The molecule has 4 heteroatoms. The number of carbonyl (C=O) groups is 1. The van der Waals surface area contributed by atoms with Gasteiger partial charge in [-0.25, -0.2) is 0 Å². The van der Waals surface area contributed by atoms with Gasteiger partial charge in [-0.3, -0.25) is 9.78 Å². The Labute approximate surface area is 150 Å². The predicted octanol–water partition coefficient (Wildman–Crippen LogP) is 5.88. The minimum absolute atomic E-state index is 0.165. The minimum atomic E-state index is -0.165. The summed E-state index contributed by atoms with van der Waals surface area (Å²) in [5.41, 5.74) is 6.11. The summed E-state index contributed by atoms with van der Waals surface area (Å²) < 4.78 is 0. The molecule has 0 radical (unpaired) electrons. The van der Waals surface area contributed by atoms with Gasteiger partial charge >= 0.3 is 0 Å². The molecule has 2 nitrogen and oxygen atoms in total. The number of nitrogens with zero attached hydrogens (tertiary/aromatic N) is 1. The Bertz CT molecular complexity index is 948. The molecule has 2 aromatic carbocycles. The van der Waals surface area contributed by atoms with E-state index in [2.05, 4.69) is 11.1 Å². The zero-order valence-electron chi connectivity index (χ0n) is 13.2. The van der Waals surface area contributed by atoms with E-state index in [1.165, 1.54) is 0 Å². The molecule has 0 fully saturated rings. The van der Waals surface area contributed by atoms with Crippen LogP contribution in [0.5, 0.6) is 0 Å². The number of pyridine rings is 1. The lowest BCUT2D eigenvalue weighted by Gasteiger charge is -2.18. The van der Waals surface area contributed by atoms with E-state index in [-0.39, 0.29) is 5.78 Å². The summed E-state index contributed by atoms with van der Waals surface area (Å²) >= 11 is 13.2. The SMILES string of the molecule is Cc1nc(C)c2cc1-c1cccc(c1Cl)C(=O)c1cccc-2c1Cl. The molecule has 1 aliphatic rings. The van der Waals surface area contributed by atoms with E-state index in [4.69, 9.17) is 23.2 Å². The van der Waals surface area contributed by atoms with Crippen LogP contribution in [0.3, 0.4) is 0 Å². The summed E-state index contributed by atoms with van der Waals surface area (Å²) in [5, 5.41) is 0.871. The van der Waals surface area contributed by atoms with Crippen molar-refractivity contribution in [1.82, 2.24) is 4.98 Å². The highest BCUT2D eigenvalue weighted by molar-refractivity contribution is 6.41. The first-order chi connectivity index (χ1) is 11.5. The number of ketones is 1. The van der Waals surface area contributed by atoms with Crippen molar-refractivity contribution in [3.05, 3.63) is 75.0 Å². The van der Waals surface area contributed by atoms with Crippen LogP contribution in [0.25, 0.3) is 22.3 Å². The number of hydrogen-bond donors (Lipinski definition) is 0. The van der Waals surface area contributed by atoms with Crippen molar-refractivity contribution in [2.75, 3.05) is 0 Å². The van der Waals surface area contributed by atoms with Gasteiger partial charge < -0.3 is 0 Å². The zero-order valence-corrected chi connectivity index (χ0v) is 14.7. The average molecular weight is 354 g/mol. The lowest BCUT2D eigenvalue weighted by Crippen LogP contribution is -2.07. The Morgan fingerprint density at radius 2 is 1.12 bits per heavy atom. The van der Waals surface area contributed by atoms with Gasteiger partial charge in [-0.05, 0) is 32.0 Å². The quantitative estimate of drug-likeness (QED) is 0.394. The molecular weight excluding hydrogens is 341 g/mol. The number of carbonyl (C=O) groups excluding carboxylic acids is 1. The van der Waals surface area contributed by atoms with Crippen molar-refractivity contribution < 1.29 is 4.79 Å². The molecule has 0 N–H and O–H groups in total. The molecule has 1 aliphatic carbocycles. The smallest absolute Gasteiger partial charge is 0.196 e. The van der Waals surface area contributed by atoms with E-state index in [0.29, 0.717) is 21.2 Å². The molecule has 1 aromatic heterocycles. The third kappa shape index (κ3) is 2.10. The highest BCUT2D eigenvalue weighted by Crippen LogP contribution is 2.41. The largest absolute Gasteiger partial charge is 0.288 e. The Balaban J connectivity index is 2.24. The molecular formula is C20H13Cl2NO. The number of aromatic nitrogens is 1. The lowest BCUT2D eigenvalue weighted by atomic mass is 9.90. The molecule has 6 bridgehead atoms. The minimum Gasteiger partial charge on any atom is -0.288 e. The molecule has 1 heterocycles. The first-order valence-electron chi connectivity index (χ1n) is 7.59. The van der Waals surface area contributed by atoms with Crippen LogP contribution in [0.15, 0.2) is 42.5 Å². The monoisotopic (exact) mass is 353 g/mol. The second-order valence-corrected chi connectivity index (χ2v) is 6.67. The van der Waals surface area contributed by atoms with Crippen molar-refractivity contribution in [2.24, 2.45) is 0 Å². The first-order valence-corrected chi connectivity index (χ1v) is 8.35. The Morgan fingerprint density at radius 1 is 0.708 bits per heavy atom. The summed E-state index contributed by atoms with van der Waals surface area (Å²) in [5.74, 6) is -0.165. The number of benzene rings is 2. The Morgan fingerprint density at radius 3 is 1.58 bits per heavy atom. The van der Waals surface area contributed by atoms with Gasteiger partial charge in [0.05, 0.1) is 10.0 Å². The Hall–Kier alpha value is -2.16. The van der Waals surface area contributed by atoms with Gasteiger partial charge in [-0.1, -0.05) is 47.5 Å². The van der Waals surface area contributed by atoms with E-state index in [1.54, 1.807) is 12.1 Å². The van der Waals surface area contributed by atoms with Crippen LogP contribution in [0.1, 0.15) is 27.3 Å². The van der Waals surface area contributed by atoms with Crippen LogP contribution >= 0.6 is 23.2 Å². The van der Waals surface area contributed by atoms with Gasteiger partial charge in [0.2, 0.25) is 0 Å². The first kappa shape index (κ1) is 15.4. The van der Waals surface area contributed by atoms with E-state index in [9.17, 15) is 4.79 Å². The maximum absolute atomic E-state index is 13.0. The highest BCUT2D eigenvalue weighted by atomic mass is 35.5. The molecule has 3 aromatic rings. The van der Waals surface area contributed by atoms with E-state index >= 15 is 0 Å². The van der Waals surface area contributed by atoms with Crippen molar-refractivity contribution in [3.63, 3.8) is 0 Å².